The first-order valence-corrected chi connectivity index (χ1v) is 28.4. The van der Waals surface area contributed by atoms with Gasteiger partial charge in [-0.3, -0.25) is 38.5 Å². The van der Waals surface area contributed by atoms with Crippen LogP contribution in [0.2, 0.25) is 0 Å². The molecule has 1 aliphatic carbocycles. The zero-order valence-corrected chi connectivity index (χ0v) is 49.7. The minimum absolute atomic E-state index is 0.00811. The van der Waals surface area contributed by atoms with E-state index in [1.807, 2.05) is 90.9 Å². The molecule has 0 spiro atoms. The Kier molecular flexibility index (Phi) is 32.2. The van der Waals surface area contributed by atoms with Gasteiger partial charge in [-0.2, -0.15) is 0 Å². The first kappa shape index (κ1) is 70.0. The molecule has 21 nitrogen and oxygen atoms in total. The Morgan fingerprint density at radius 3 is 2.01 bits per heavy atom. The average Bonchev–Trinajstić information content (AvgIpc) is 3.92. The Morgan fingerprint density at radius 1 is 0.772 bits per heavy atom. The van der Waals surface area contributed by atoms with Gasteiger partial charge in [0.05, 0.1) is 49.5 Å². The Hall–Kier alpha value is -5.06. The normalized spacial score (nSPS) is 18.7. The van der Waals surface area contributed by atoms with Gasteiger partial charge in [0.2, 0.25) is 29.5 Å². The number of nitrogens with one attached hydrogen (secondary N) is 4. The number of nitrogens with zero attached hydrogens (tertiary/aromatic N) is 2. The van der Waals surface area contributed by atoms with Crippen molar-refractivity contribution < 1.29 is 72.3 Å². The van der Waals surface area contributed by atoms with Crippen molar-refractivity contribution in [2.75, 3.05) is 61.7 Å². The number of Topliss-reactive ketones (excluding diaryl/α,β-unsaturated/α-hetero) is 1. The standard InChI is InChI=1S/C58H98N6O15/c1-15-37(7)52(64(12)57(73)50(35(3)4)62-56(72)51(36(5)6)63(10)11)46(75-13)32-45(66)42-25-20-26-43(42)53(76-14)38(8)54(70)61-44(31-40-23-18-17-19-24-40)55(71)59-29-22-30-77-58(74)39(9)60-47(67)27-21-28-48(68)78-34-49(69)79-41(16-2)33-65/h17-19,23-24,35-39,41-44,46,49-53,65,69H,15-16,20-22,25-34H2,1-14H3,(H,59,71)(H,60,67)(H,61,70)(H,62,72)/t37-,38+,39?,41?,42?,43+,44-,46+,49?,50-,51-,52-,53+/m0/s1. The Morgan fingerprint density at radius 2 is 1.44 bits per heavy atom. The number of aliphatic hydroxyl groups excluding tert-OH is 2. The van der Waals surface area contributed by atoms with Gasteiger partial charge >= 0.3 is 11.9 Å². The number of aliphatic hydroxyl groups is 2. The molecule has 0 aliphatic heterocycles. The number of ketones is 1. The number of carbonyl (C=O) groups excluding carboxylic acids is 8. The van der Waals surface area contributed by atoms with E-state index in [1.54, 1.807) is 32.9 Å². The van der Waals surface area contributed by atoms with Crippen molar-refractivity contribution in [1.29, 1.82) is 0 Å². The minimum atomic E-state index is -1.40. The molecule has 6 N–H and O–H groups in total. The van der Waals surface area contributed by atoms with Crippen molar-refractivity contribution in [3.05, 3.63) is 35.9 Å². The van der Waals surface area contributed by atoms with E-state index >= 15 is 0 Å². The molecular formula is C58H98N6O15. The van der Waals surface area contributed by atoms with E-state index in [0.717, 1.165) is 12.0 Å². The van der Waals surface area contributed by atoms with Crippen molar-refractivity contribution in [1.82, 2.24) is 31.1 Å². The van der Waals surface area contributed by atoms with Gasteiger partial charge in [-0.1, -0.05) is 98.6 Å². The summed E-state index contributed by atoms with van der Waals surface area (Å²) in [6, 6.07) is 5.49. The van der Waals surface area contributed by atoms with E-state index < -0.39 is 103 Å². The Balaban J connectivity index is 2.07. The van der Waals surface area contributed by atoms with Gasteiger partial charge in [-0.15, -0.1) is 0 Å². The summed E-state index contributed by atoms with van der Waals surface area (Å²) in [5, 5.41) is 30.4. The number of ether oxygens (including phenoxy) is 5. The number of esters is 2. The largest absolute Gasteiger partial charge is 0.464 e. The summed E-state index contributed by atoms with van der Waals surface area (Å²) in [4.78, 5) is 111. The molecule has 450 valence electrons. The summed E-state index contributed by atoms with van der Waals surface area (Å²) >= 11 is 0. The van der Waals surface area contributed by atoms with E-state index in [-0.39, 0.29) is 99.6 Å². The maximum absolute atomic E-state index is 14.6. The van der Waals surface area contributed by atoms with Crippen LogP contribution in [0.5, 0.6) is 0 Å². The quantitative estimate of drug-likeness (QED) is 0.0313. The van der Waals surface area contributed by atoms with Gasteiger partial charge in [-0.25, -0.2) is 4.79 Å². The van der Waals surface area contributed by atoms with E-state index in [9.17, 15) is 48.6 Å². The third-order valence-corrected chi connectivity index (χ3v) is 15.1. The number of carbonyl (C=O) groups is 8. The number of rotatable bonds is 38. The highest BCUT2D eigenvalue weighted by Crippen LogP contribution is 2.40. The van der Waals surface area contributed by atoms with Gasteiger partial charge in [0.1, 0.15) is 30.5 Å². The Bertz CT molecular complexity index is 2030. The molecule has 0 radical (unpaired) electrons. The highest BCUT2D eigenvalue weighted by molar-refractivity contribution is 5.91. The van der Waals surface area contributed by atoms with Crippen LogP contribution in [0, 0.1) is 35.5 Å². The topological polar surface area (TPSA) is 278 Å². The van der Waals surface area contributed by atoms with Gasteiger partial charge < -0.3 is 60.1 Å². The van der Waals surface area contributed by atoms with Crippen LogP contribution in [-0.4, -0.2) is 184 Å². The molecule has 0 bridgehead atoms. The number of benzene rings is 1. The first-order valence-electron chi connectivity index (χ1n) is 28.4. The fourth-order valence-corrected chi connectivity index (χ4v) is 10.5. The highest BCUT2D eigenvalue weighted by Gasteiger charge is 2.45. The maximum atomic E-state index is 14.6. The highest BCUT2D eigenvalue weighted by atomic mass is 16.6. The average molecular weight is 1120 g/mol. The molecule has 5 amide bonds. The first-order chi connectivity index (χ1) is 37.4. The van der Waals surface area contributed by atoms with Crippen molar-refractivity contribution >= 4 is 47.3 Å². The number of methoxy groups -OCH3 is 2. The SMILES string of the molecule is CCC(CO)OC(O)COC(=O)CCCC(=O)NC(C)C(=O)OCCCNC(=O)[C@H](Cc1ccccc1)NC(=O)[C@H](C)[C@@H](OC)[C@@H]1CCCC1C(=O)C[C@@H](OC)[C@H]([C@@H](C)CC)N(C)C(=O)[C@@H](NC(=O)[C@H](C(C)C)N(C)C)C(C)C. The van der Waals surface area contributed by atoms with E-state index in [2.05, 4.69) is 21.3 Å². The molecule has 1 aromatic rings. The summed E-state index contributed by atoms with van der Waals surface area (Å²) in [7, 11) is 8.46. The molecule has 13 atom stereocenters. The molecule has 1 fully saturated rings. The molecule has 79 heavy (non-hydrogen) atoms. The van der Waals surface area contributed by atoms with Crippen LogP contribution in [-0.2, 0) is 68.5 Å². The van der Waals surface area contributed by atoms with Crippen molar-refractivity contribution in [3.63, 3.8) is 0 Å². The smallest absolute Gasteiger partial charge is 0.328 e. The van der Waals surface area contributed by atoms with Crippen molar-refractivity contribution in [2.24, 2.45) is 35.5 Å². The van der Waals surface area contributed by atoms with E-state index in [0.29, 0.717) is 25.7 Å². The maximum Gasteiger partial charge on any atom is 0.328 e. The fraction of sp³-hybridized carbons (Fsp3) is 0.759. The molecule has 1 aliphatic rings. The molecule has 0 aromatic heterocycles. The van der Waals surface area contributed by atoms with Crippen LogP contribution in [0.25, 0.3) is 0 Å². The predicted molar refractivity (Wildman–Crippen MR) is 298 cm³/mol. The van der Waals surface area contributed by atoms with Gasteiger partial charge in [0.25, 0.3) is 0 Å². The molecule has 0 heterocycles. The molecule has 4 unspecified atom stereocenters. The number of hydrogen-bond donors (Lipinski definition) is 6. The number of amides is 5. The van der Waals surface area contributed by atoms with Crippen LogP contribution in [0.15, 0.2) is 30.3 Å². The molecule has 1 aromatic carbocycles. The van der Waals surface area contributed by atoms with Crippen LogP contribution < -0.4 is 21.3 Å². The van der Waals surface area contributed by atoms with Crippen molar-refractivity contribution in [3.8, 4) is 0 Å². The summed E-state index contributed by atoms with van der Waals surface area (Å²) in [6.07, 6.45) is 0.138. The third kappa shape index (κ3) is 23.1. The van der Waals surface area contributed by atoms with Crippen molar-refractivity contribution in [2.45, 2.75) is 188 Å². The number of likely N-dealkylation sites (N-methyl/N-ethyl adjacent to an activating group) is 2. The van der Waals surface area contributed by atoms with E-state index in [1.165, 1.54) is 14.0 Å². The lowest BCUT2D eigenvalue weighted by atomic mass is 9.79. The summed E-state index contributed by atoms with van der Waals surface area (Å²) in [5.74, 6) is -5.11. The van der Waals surface area contributed by atoms with Gasteiger partial charge in [-0.05, 0) is 82.4 Å². The molecule has 21 heteroatoms. The van der Waals surface area contributed by atoms with Crippen LogP contribution in [0.4, 0.5) is 0 Å². The molecule has 0 saturated heterocycles. The predicted octanol–water partition coefficient (Wildman–Crippen LogP) is 3.73. The Labute approximate surface area is 470 Å². The van der Waals surface area contributed by atoms with E-state index in [4.69, 9.17) is 23.7 Å². The lowest BCUT2D eigenvalue weighted by Gasteiger charge is -2.40. The van der Waals surface area contributed by atoms with Crippen LogP contribution >= 0.6 is 0 Å². The lowest BCUT2D eigenvalue weighted by Crippen LogP contribution is -2.59. The summed E-state index contributed by atoms with van der Waals surface area (Å²) in [5.41, 5.74) is 0.805. The van der Waals surface area contributed by atoms with Gasteiger partial charge in [0.15, 0.2) is 6.29 Å². The monoisotopic (exact) mass is 1120 g/mol. The zero-order valence-electron chi connectivity index (χ0n) is 49.7. The minimum Gasteiger partial charge on any atom is -0.464 e. The summed E-state index contributed by atoms with van der Waals surface area (Å²) in [6.45, 7) is 16.0. The zero-order chi connectivity index (χ0) is 59.5. The summed E-state index contributed by atoms with van der Waals surface area (Å²) < 4.78 is 27.6. The fourth-order valence-electron chi connectivity index (χ4n) is 10.5. The second kappa shape index (κ2) is 36.3. The molecular weight excluding hydrogens is 1020 g/mol. The molecule has 1 saturated carbocycles. The van der Waals surface area contributed by atoms with Gasteiger partial charge in [0, 0.05) is 59.4 Å². The third-order valence-electron chi connectivity index (χ3n) is 15.1. The van der Waals surface area contributed by atoms with Crippen LogP contribution in [0.1, 0.15) is 132 Å². The molecule has 2 rings (SSSR count). The lowest BCUT2D eigenvalue weighted by molar-refractivity contribution is -0.183. The second-order valence-electron chi connectivity index (χ2n) is 22.0. The second-order valence-corrected chi connectivity index (χ2v) is 22.0. The van der Waals surface area contributed by atoms with Crippen LogP contribution in [0.3, 0.4) is 0 Å². The number of hydrogen-bond acceptors (Lipinski definition) is 16.